The maximum absolute atomic E-state index is 12.2. The molecule has 2 aliphatic rings. The van der Waals surface area contributed by atoms with Crippen molar-refractivity contribution in [3.63, 3.8) is 0 Å². The fourth-order valence-corrected chi connectivity index (χ4v) is 3.20. The van der Waals surface area contributed by atoms with Gasteiger partial charge in [-0.3, -0.25) is 4.79 Å². The standard InChI is InChI=1S/C14H26N2O/c1-14(2)8-3-11-16(14)13(17)5-4-12-6-9-15-10-7-12/h12,15H,3-11H2,1-2H3. The Hall–Kier alpha value is -0.570. The summed E-state index contributed by atoms with van der Waals surface area (Å²) >= 11 is 0. The van der Waals surface area contributed by atoms with Crippen molar-refractivity contribution in [3.8, 4) is 0 Å². The summed E-state index contributed by atoms with van der Waals surface area (Å²) in [6, 6.07) is 0. The van der Waals surface area contributed by atoms with Crippen LogP contribution in [-0.2, 0) is 4.79 Å². The fraction of sp³-hybridized carbons (Fsp3) is 0.929. The Labute approximate surface area is 105 Å². The molecule has 2 aliphatic heterocycles. The zero-order valence-corrected chi connectivity index (χ0v) is 11.3. The maximum atomic E-state index is 12.2. The van der Waals surface area contributed by atoms with Crippen LogP contribution in [0.25, 0.3) is 0 Å². The molecule has 98 valence electrons. The molecule has 2 rings (SSSR count). The summed E-state index contributed by atoms with van der Waals surface area (Å²) in [4.78, 5) is 14.3. The molecule has 0 atom stereocenters. The van der Waals surface area contributed by atoms with Crippen LogP contribution in [0, 0.1) is 5.92 Å². The van der Waals surface area contributed by atoms with Crippen molar-refractivity contribution in [2.24, 2.45) is 5.92 Å². The largest absolute Gasteiger partial charge is 0.338 e. The minimum Gasteiger partial charge on any atom is -0.338 e. The molecule has 0 aromatic carbocycles. The van der Waals surface area contributed by atoms with Gasteiger partial charge < -0.3 is 10.2 Å². The molecule has 3 heteroatoms. The molecule has 2 fully saturated rings. The van der Waals surface area contributed by atoms with Crippen LogP contribution in [0.5, 0.6) is 0 Å². The van der Waals surface area contributed by atoms with Gasteiger partial charge >= 0.3 is 0 Å². The minimum atomic E-state index is 0.102. The van der Waals surface area contributed by atoms with Gasteiger partial charge in [0.1, 0.15) is 0 Å². The van der Waals surface area contributed by atoms with Gasteiger partial charge in [0, 0.05) is 18.5 Å². The second-order valence-electron chi connectivity index (χ2n) is 6.19. The number of carbonyl (C=O) groups excluding carboxylic acids is 1. The molecular weight excluding hydrogens is 212 g/mol. The summed E-state index contributed by atoms with van der Waals surface area (Å²) in [6.45, 7) is 7.63. The number of amides is 1. The van der Waals surface area contributed by atoms with E-state index in [9.17, 15) is 4.79 Å². The van der Waals surface area contributed by atoms with Gasteiger partial charge in [0.25, 0.3) is 0 Å². The molecule has 2 saturated heterocycles. The maximum Gasteiger partial charge on any atom is 0.223 e. The number of hydrogen-bond donors (Lipinski definition) is 1. The van der Waals surface area contributed by atoms with E-state index < -0.39 is 0 Å². The topological polar surface area (TPSA) is 32.3 Å². The number of carbonyl (C=O) groups is 1. The van der Waals surface area contributed by atoms with Crippen LogP contribution in [0.4, 0.5) is 0 Å². The van der Waals surface area contributed by atoms with Crippen molar-refractivity contribution >= 4 is 5.91 Å². The lowest BCUT2D eigenvalue weighted by atomic mass is 9.92. The number of nitrogens with one attached hydrogen (secondary N) is 1. The number of rotatable bonds is 3. The van der Waals surface area contributed by atoms with Crippen molar-refractivity contribution in [2.45, 2.75) is 57.9 Å². The second-order valence-corrected chi connectivity index (χ2v) is 6.19. The summed E-state index contributed by atoms with van der Waals surface area (Å²) in [5, 5.41) is 3.38. The van der Waals surface area contributed by atoms with Crippen LogP contribution >= 0.6 is 0 Å². The Balaban J connectivity index is 1.77. The molecule has 2 heterocycles. The smallest absolute Gasteiger partial charge is 0.223 e. The van der Waals surface area contributed by atoms with Crippen LogP contribution in [0.3, 0.4) is 0 Å². The minimum absolute atomic E-state index is 0.102. The highest BCUT2D eigenvalue weighted by atomic mass is 16.2. The van der Waals surface area contributed by atoms with E-state index in [0.29, 0.717) is 5.91 Å². The highest BCUT2D eigenvalue weighted by molar-refractivity contribution is 5.77. The van der Waals surface area contributed by atoms with Crippen LogP contribution in [0.2, 0.25) is 0 Å². The Morgan fingerprint density at radius 1 is 1.35 bits per heavy atom. The van der Waals surface area contributed by atoms with Crippen molar-refractivity contribution < 1.29 is 4.79 Å². The van der Waals surface area contributed by atoms with Crippen molar-refractivity contribution in [2.75, 3.05) is 19.6 Å². The van der Waals surface area contributed by atoms with Crippen LogP contribution in [0.1, 0.15) is 52.4 Å². The van der Waals surface area contributed by atoms with E-state index >= 15 is 0 Å². The highest BCUT2D eigenvalue weighted by Crippen LogP contribution is 2.29. The van der Waals surface area contributed by atoms with E-state index in [1.807, 2.05) is 0 Å². The normalized spacial score (nSPS) is 25.2. The molecule has 0 unspecified atom stereocenters. The Bertz CT molecular complexity index is 269. The van der Waals surface area contributed by atoms with Gasteiger partial charge in [0.2, 0.25) is 5.91 Å². The van der Waals surface area contributed by atoms with Gasteiger partial charge in [-0.25, -0.2) is 0 Å². The summed E-state index contributed by atoms with van der Waals surface area (Å²) in [7, 11) is 0. The molecule has 0 radical (unpaired) electrons. The van der Waals surface area contributed by atoms with Crippen molar-refractivity contribution in [1.82, 2.24) is 10.2 Å². The predicted molar refractivity (Wildman–Crippen MR) is 69.9 cm³/mol. The van der Waals surface area contributed by atoms with Crippen LogP contribution in [0.15, 0.2) is 0 Å². The summed E-state index contributed by atoms with van der Waals surface area (Å²) in [5.74, 6) is 1.15. The third kappa shape index (κ3) is 3.21. The van der Waals surface area contributed by atoms with E-state index in [-0.39, 0.29) is 5.54 Å². The summed E-state index contributed by atoms with van der Waals surface area (Å²) in [5.41, 5.74) is 0.102. The van der Waals surface area contributed by atoms with Crippen LogP contribution < -0.4 is 5.32 Å². The first kappa shape index (κ1) is 12.9. The first-order chi connectivity index (χ1) is 8.09. The Morgan fingerprint density at radius 2 is 2.06 bits per heavy atom. The number of piperidine rings is 1. The Morgan fingerprint density at radius 3 is 2.65 bits per heavy atom. The molecular formula is C14H26N2O. The first-order valence-corrected chi connectivity index (χ1v) is 7.11. The van der Waals surface area contributed by atoms with Gasteiger partial charge in [0.05, 0.1) is 0 Å². The number of likely N-dealkylation sites (tertiary alicyclic amines) is 1. The average molecular weight is 238 g/mol. The van der Waals surface area contributed by atoms with Gasteiger partial charge in [-0.2, -0.15) is 0 Å². The zero-order valence-electron chi connectivity index (χ0n) is 11.3. The van der Waals surface area contributed by atoms with Crippen molar-refractivity contribution in [1.29, 1.82) is 0 Å². The van der Waals surface area contributed by atoms with E-state index in [0.717, 1.165) is 44.8 Å². The van der Waals surface area contributed by atoms with Crippen LogP contribution in [-0.4, -0.2) is 36.0 Å². The molecule has 0 aromatic heterocycles. The van der Waals surface area contributed by atoms with E-state index in [4.69, 9.17) is 0 Å². The summed E-state index contributed by atoms with van der Waals surface area (Å²) in [6.07, 6.45) is 6.67. The molecule has 1 amide bonds. The number of hydrogen-bond acceptors (Lipinski definition) is 2. The fourth-order valence-electron chi connectivity index (χ4n) is 3.20. The highest BCUT2D eigenvalue weighted by Gasteiger charge is 2.35. The third-order valence-electron chi connectivity index (χ3n) is 4.43. The average Bonchev–Trinajstić information content (AvgIpc) is 2.67. The van der Waals surface area contributed by atoms with Gasteiger partial charge in [0.15, 0.2) is 0 Å². The number of nitrogens with zero attached hydrogens (tertiary/aromatic N) is 1. The Kier molecular flexibility index (Phi) is 4.08. The van der Waals surface area contributed by atoms with Gasteiger partial charge in [-0.05, 0) is 65.0 Å². The molecule has 0 saturated carbocycles. The lowest BCUT2D eigenvalue weighted by Crippen LogP contribution is -2.42. The lowest BCUT2D eigenvalue weighted by Gasteiger charge is -2.32. The van der Waals surface area contributed by atoms with Gasteiger partial charge in [-0.1, -0.05) is 0 Å². The van der Waals surface area contributed by atoms with E-state index in [2.05, 4.69) is 24.1 Å². The monoisotopic (exact) mass is 238 g/mol. The first-order valence-electron chi connectivity index (χ1n) is 7.11. The molecule has 3 nitrogen and oxygen atoms in total. The predicted octanol–water partition coefficient (Wildman–Crippen LogP) is 2.17. The summed E-state index contributed by atoms with van der Waals surface area (Å²) < 4.78 is 0. The molecule has 0 aliphatic carbocycles. The quantitative estimate of drug-likeness (QED) is 0.817. The van der Waals surface area contributed by atoms with Crippen molar-refractivity contribution in [3.05, 3.63) is 0 Å². The molecule has 0 aromatic rings. The molecule has 1 N–H and O–H groups in total. The molecule has 0 spiro atoms. The lowest BCUT2D eigenvalue weighted by molar-refractivity contribution is -0.134. The molecule has 17 heavy (non-hydrogen) atoms. The molecule has 0 bridgehead atoms. The van der Waals surface area contributed by atoms with E-state index in [1.165, 1.54) is 19.3 Å². The zero-order chi connectivity index (χ0) is 12.3. The second kappa shape index (κ2) is 5.38. The van der Waals surface area contributed by atoms with Gasteiger partial charge in [-0.15, -0.1) is 0 Å². The SMILES string of the molecule is CC1(C)CCCN1C(=O)CCC1CCNCC1. The third-order valence-corrected chi connectivity index (χ3v) is 4.43. The van der Waals surface area contributed by atoms with E-state index in [1.54, 1.807) is 0 Å².